The maximum Gasteiger partial charge on any atom is 0.269 e. The molecule has 0 heterocycles. The summed E-state index contributed by atoms with van der Waals surface area (Å²) in [7, 11) is -3.93. The van der Waals surface area contributed by atoms with Crippen molar-refractivity contribution >= 4 is 21.6 Å². The van der Waals surface area contributed by atoms with E-state index in [1.807, 2.05) is 4.83 Å². The number of sulfonamides is 1. The van der Waals surface area contributed by atoms with E-state index < -0.39 is 20.9 Å². The molecule has 0 spiro atoms. The molecule has 2 N–H and O–H groups in total. The molecule has 9 heteroatoms. The van der Waals surface area contributed by atoms with Gasteiger partial charge in [-0.05, 0) is 43.2 Å². The topological polar surface area (TPSA) is 118 Å². The third-order valence-corrected chi connectivity index (χ3v) is 4.66. The molecule has 1 amide bonds. The normalized spacial score (nSPS) is 11.1. The highest BCUT2D eigenvalue weighted by Gasteiger charge is 2.18. The summed E-state index contributed by atoms with van der Waals surface area (Å²) >= 11 is 0. The van der Waals surface area contributed by atoms with E-state index >= 15 is 0 Å². The third kappa shape index (κ3) is 3.94. The molecule has 0 aliphatic carbocycles. The highest BCUT2D eigenvalue weighted by Crippen LogP contribution is 2.16. The number of carbonyl (C=O) groups is 1. The number of nitro groups is 1. The lowest BCUT2D eigenvalue weighted by Crippen LogP contribution is -2.41. The number of aryl methyl sites for hydroxylation is 2. The fourth-order valence-electron chi connectivity index (χ4n) is 1.97. The Bertz CT molecular complexity index is 892. The van der Waals surface area contributed by atoms with Gasteiger partial charge in [0.15, 0.2) is 0 Å². The Morgan fingerprint density at radius 3 is 2.29 bits per heavy atom. The Labute approximate surface area is 138 Å². The summed E-state index contributed by atoms with van der Waals surface area (Å²) in [6.07, 6.45) is 0. The lowest BCUT2D eigenvalue weighted by atomic mass is 10.2. The van der Waals surface area contributed by atoms with Crippen molar-refractivity contribution in [2.45, 2.75) is 18.7 Å². The third-order valence-electron chi connectivity index (χ3n) is 3.27. The van der Waals surface area contributed by atoms with Gasteiger partial charge in [-0.15, -0.1) is 4.83 Å². The number of benzene rings is 2. The molecule has 0 saturated carbocycles. The summed E-state index contributed by atoms with van der Waals surface area (Å²) < 4.78 is 24.5. The Kier molecular flexibility index (Phi) is 4.96. The Balaban J connectivity index is 2.12. The average molecular weight is 349 g/mol. The van der Waals surface area contributed by atoms with Crippen molar-refractivity contribution in [3.05, 3.63) is 69.3 Å². The summed E-state index contributed by atoms with van der Waals surface area (Å²) in [6, 6.07) is 9.74. The molecule has 2 aromatic rings. The maximum absolute atomic E-state index is 12.3. The van der Waals surface area contributed by atoms with Gasteiger partial charge >= 0.3 is 0 Å². The summed E-state index contributed by atoms with van der Waals surface area (Å²) in [4.78, 5) is 24.0. The molecule has 0 bridgehead atoms. The van der Waals surface area contributed by atoms with Crippen molar-refractivity contribution in [3.8, 4) is 0 Å². The Morgan fingerprint density at radius 1 is 1.08 bits per heavy atom. The van der Waals surface area contributed by atoms with Crippen LogP contribution in [-0.4, -0.2) is 19.2 Å². The summed E-state index contributed by atoms with van der Waals surface area (Å²) in [5.41, 5.74) is 3.32. The molecule has 2 rings (SSSR count). The van der Waals surface area contributed by atoms with Crippen LogP contribution in [0.15, 0.2) is 47.4 Å². The van der Waals surface area contributed by atoms with E-state index in [0.717, 1.165) is 17.7 Å². The number of rotatable bonds is 5. The van der Waals surface area contributed by atoms with Gasteiger partial charge in [-0.2, -0.15) is 0 Å². The standard InChI is InChI=1S/C15H15N3O5S/c1-10-3-4-11(2)14(9-10)24(22,23)17-16-15(19)12-5-7-13(8-6-12)18(20)21/h3-9,17H,1-2H3,(H,16,19). The molecule has 8 nitrogen and oxygen atoms in total. The van der Waals surface area contributed by atoms with Crippen molar-refractivity contribution in [3.63, 3.8) is 0 Å². The molecule has 0 atom stereocenters. The number of nitrogens with one attached hydrogen (secondary N) is 2. The molecule has 0 saturated heterocycles. The van der Waals surface area contributed by atoms with Crippen LogP contribution in [0.3, 0.4) is 0 Å². The van der Waals surface area contributed by atoms with Crippen LogP contribution in [0.4, 0.5) is 5.69 Å². The Morgan fingerprint density at radius 2 is 1.71 bits per heavy atom. The lowest BCUT2D eigenvalue weighted by molar-refractivity contribution is -0.384. The van der Waals surface area contributed by atoms with Crippen molar-refractivity contribution in [1.29, 1.82) is 0 Å². The molecule has 126 valence electrons. The molecule has 0 aliphatic rings. The predicted octanol–water partition coefficient (Wildman–Crippen LogP) is 1.83. The molecule has 0 unspecified atom stereocenters. The van der Waals surface area contributed by atoms with Gasteiger partial charge in [0, 0.05) is 17.7 Å². The quantitative estimate of drug-likeness (QED) is 0.630. The van der Waals surface area contributed by atoms with Crippen LogP contribution in [0, 0.1) is 24.0 Å². The number of nitro benzene ring substituents is 1. The first-order chi connectivity index (χ1) is 11.2. The summed E-state index contributed by atoms with van der Waals surface area (Å²) in [5, 5.41) is 10.6. The molecule has 0 fully saturated rings. The maximum atomic E-state index is 12.3. The minimum Gasteiger partial charge on any atom is -0.273 e. The van der Waals surface area contributed by atoms with Gasteiger partial charge in [0.05, 0.1) is 9.82 Å². The minimum absolute atomic E-state index is 0.0616. The number of non-ortho nitro benzene ring substituents is 1. The number of hydrazine groups is 1. The zero-order valence-electron chi connectivity index (χ0n) is 12.9. The number of hydrogen-bond donors (Lipinski definition) is 2. The molecule has 0 radical (unpaired) electrons. The van der Waals surface area contributed by atoms with Gasteiger partial charge in [-0.3, -0.25) is 20.3 Å². The van der Waals surface area contributed by atoms with Crippen molar-refractivity contribution in [2.75, 3.05) is 0 Å². The largest absolute Gasteiger partial charge is 0.273 e. The second-order valence-electron chi connectivity index (χ2n) is 5.13. The van der Waals surface area contributed by atoms with Crippen LogP contribution in [-0.2, 0) is 10.0 Å². The first-order valence-electron chi connectivity index (χ1n) is 6.84. The fraction of sp³-hybridized carbons (Fsp3) is 0.133. The average Bonchev–Trinajstić information content (AvgIpc) is 2.55. The van der Waals surface area contributed by atoms with E-state index in [1.54, 1.807) is 26.0 Å². The second kappa shape index (κ2) is 6.77. The van der Waals surface area contributed by atoms with Crippen LogP contribution < -0.4 is 10.3 Å². The predicted molar refractivity (Wildman–Crippen MR) is 86.8 cm³/mol. The van der Waals surface area contributed by atoms with E-state index in [4.69, 9.17) is 0 Å². The van der Waals surface area contributed by atoms with Gasteiger partial charge in [-0.1, -0.05) is 12.1 Å². The van der Waals surface area contributed by atoms with Gasteiger partial charge < -0.3 is 0 Å². The number of carbonyl (C=O) groups excluding carboxylic acids is 1. The highest BCUT2D eigenvalue weighted by molar-refractivity contribution is 7.89. The molecule has 2 aromatic carbocycles. The van der Waals surface area contributed by atoms with Crippen LogP contribution >= 0.6 is 0 Å². The zero-order chi connectivity index (χ0) is 17.9. The highest BCUT2D eigenvalue weighted by atomic mass is 32.2. The lowest BCUT2D eigenvalue weighted by Gasteiger charge is -2.11. The fourth-order valence-corrected chi connectivity index (χ4v) is 3.14. The van der Waals surface area contributed by atoms with Gasteiger partial charge in [-0.25, -0.2) is 8.42 Å². The number of nitrogens with zero attached hydrogens (tertiary/aromatic N) is 1. The van der Waals surface area contributed by atoms with Gasteiger partial charge in [0.2, 0.25) is 0 Å². The molecule has 0 aromatic heterocycles. The van der Waals surface area contributed by atoms with E-state index in [2.05, 4.69) is 5.43 Å². The number of amides is 1. The second-order valence-corrected chi connectivity index (χ2v) is 6.78. The van der Waals surface area contributed by atoms with E-state index in [0.29, 0.717) is 5.56 Å². The first-order valence-corrected chi connectivity index (χ1v) is 8.33. The molecule has 0 aliphatic heterocycles. The molecular weight excluding hydrogens is 334 g/mol. The minimum atomic E-state index is -3.93. The molecular formula is C15H15N3O5S. The van der Waals surface area contributed by atoms with Gasteiger partial charge in [0.1, 0.15) is 0 Å². The van der Waals surface area contributed by atoms with E-state index in [-0.39, 0.29) is 16.1 Å². The van der Waals surface area contributed by atoms with Crippen LogP contribution in [0.5, 0.6) is 0 Å². The van der Waals surface area contributed by atoms with Crippen LogP contribution in [0.1, 0.15) is 21.5 Å². The van der Waals surface area contributed by atoms with Gasteiger partial charge in [0.25, 0.3) is 21.6 Å². The van der Waals surface area contributed by atoms with Crippen LogP contribution in [0.25, 0.3) is 0 Å². The summed E-state index contributed by atoms with van der Waals surface area (Å²) in [5.74, 6) is -0.723. The van der Waals surface area contributed by atoms with Crippen molar-refractivity contribution in [2.24, 2.45) is 0 Å². The SMILES string of the molecule is Cc1ccc(C)c(S(=O)(=O)NNC(=O)c2ccc([N+](=O)[O-])cc2)c1. The van der Waals surface area contributed by atoms with E-state index in [1.165, 1.54) is 18.2 Å². The van der Waals surface area contributed by atoms with Crippen molar-refractivity contribution < 1.29 is 18.1 Å². The van der Waals surface area contributed by atoms with Crippen LogP contribution in [0.2, 0.25) is 0 Å². The first kappa shape index (κ1) is 17.6. The summed E-state index contributed by atoms with van der Waals surface area (Å²) in [6.45, 7) is 3.40. The van der Waals surface area contributed by atoms with E-state index in [9.17, 15) is 23.3 Å². The van der Waals surface area contributed by atoms with Crippen molar-refractivity contribution in [1.82, 2.24) is 10.3 Å². The monoisotopic (exact) mass is 349 g/mol. The smallest absolute Gasteiger partial charge is 0.269 e. The Hall–Kier alpha value is -2.78. The zero-order valence-corrected chi connectivity index (χ0v) is 13.8. The molecule has 24 heavy (non-hydrogen) atoms. The number of hydrogen-bond acceptors (Lipinski definition) is 5.